The van der Waals surface area contributed by atoms with Gasteiger partial charge in [0.05, 0.1) is 19.4 Å². The van der Waals surface area contributed by atoms with Crippen molar-refractivity contribution in [1.29, 1.82) is 0 Å². The zero-order chi connectivity index (χ0) is 24.6. The van der Waals surface area contributed by atoms with Crippen LogP contribution in [0.3, 0.4) is 0 Å². The maximum atomic E-state index is 13.6. The van der Waals surface area contributed by atoms with Crippen LogP contribution in [0.2, 0.25) is 0 Å². The van der Waals surface area contributed by atoms with E-state index in [1.807, 2.05) is 34.5 Å². The molecule has 0 aliphatic carbocycles. The van der Waals surface area contributed by atoms with Crippen LogP contribution < -0.4 is 9.47 Å². The molecule has 0 N–H and O–H groups in total. The molecule has 0 spiro atoms. The Balaban J connectivity index is 1.52. The summed E-state index contributed by atoms with van der Waals surface area (Å²) in [5.74, 6) is 1.03. The second-order valence-corrected chi connectivity index (χ2v) is 9.16. The molecule has 0 radical (unpaired) electrons. The molecular formula is C26H30N2O6S. The Bertz CT molecular complexity index is 1110. The first-order chi connectivity index (χ1) is 17.1. The number of carbonyl (C=O) groups is 2. The van der Waals surface area contributed by atoms with Gasteiger partial charge in [-0.1, -0.05) is 12.1 Å². The van der Waals surface area contributed by atoms with E-state index in [1.165, 1.54) is 16.0 Å². The molecule has 0 unspecified atom stereocenters. The number of methoxy groups -OCH3 is 2. The number of hydrogen-bond acceptors (Lipinski definition) is 7. The van der Waals surface area contributed by atoms with E-state index in [4.69, 9.17) is 18.6 Å². The second-order valence-electron chi connectivity index (χ2n) is 8.16. The minimum absolute atomic E-state index is 0.0477. The Kier molecular flexibility index (Phi) is 8.44. The van der Waals surface area contributed by atoms with Crippen LogP contribution in [0.4, 0.5) is 0 Å². The Labute approximate surface area is 209 Å². The van der Waals surface area contributed by atoms with Crippen LogP contribution in [0.15, 0.2) is 58.5 Å². The van der Waals surface area contributed by atoms with Crippen LogP contribution in [0.25, 0.3) is 0 Å². The molecule has 1 atom stereocenters. The SMILES string of the molecule is COCCCN(CC(=O)N1CCc2sccc2[C@@H]1COc1ccccc1OC)C(=O)c1ccco1. The molecular weight excluding hydrogens is 468 g/mol. The average molecular weight is 499 g/mol. The lowest BCUT2D eigenvalue weighted by molar-refractivity contribution is -0.135. The number of hydrogen-bond donors (Lipinski definition) is 0. The third kappa shape index (κ3) is 5.86. The molecule has 1 aliphatic rings. The monoisotopic (exact) mass is 498 g/mol. The van der Waals surface area contributed by atoms with E-state index in [1.54, 1.807) is 37.7 Å². The summed E-state index contributed by atoms with van der Waals surface area (Å²) < 4.78 is 22.0. The number of rotatable bonds is 11. The molecule has 0 fully saturated rings. The van der Waals surface area contributed by atoms with E-state index in [0.717, 1.165) is 12.0 Å². The molecule has 3 heterocycles. The molecule has 35 heavy (non-hydrogen) atoms. The molecule has 4 rings (SSSR count). The summed E-state index contributed by atoms with van der Waals surface area (Å²) >= 11 is 1.69. The molecule has 2 aromatic heterocycles. The van der Waals surface area contributed by atoms with Crippen LogP contribution >= 0.6 is 11.3 Å². The highest BCUT2D eigenvalue weighted by atomic mass is 32.1. The van der Waals surface area contributed by atoms with Crippen molar-refractivity contribution in [2.24, 2.45) is 0 Å². The molecule has 186 valence electrons. The van der Waals surface area contributed by atoms with E-state index in [9.17, 15) is 9.59 Å². The predicted octanol–water partition coefficient (Wildman–Crippen LogP) is 4.03. The van der Waals surface area contributed by atoms with Gasteiger partial charge in [0.25, 0.3) is 5.91 Å². The fourth-order valence-corrected chi connectivity index (χ4v) is 5.17. The molecule has 0 bridgehead atoms. The van der Waals surface area contributed by atoms with Crippen molar-refractivity contribution in [3.05, 3.63) is 70.3 Å². The lowest BCUT2D eigenvalue weighted by atomic mass is 10.0. The van der Waals surface area contributed by atoms with Crippen LogP contribution in [-0.2, 0) is 16.0 Å². The number of carbonyl (C=O) groups excluding carboxylic acids is 2. The first-order valence-corrected chi connectivity index (χ1v) is 12.4. The fourth-order valence-electron chi connectivity index (χ4n) is 4.24. The lowest BCUT2D eigenvalue weighted by Gasteiger charge is -2.37. The molecule has 0 saturated heterocycles. The first kappa shape index (κ1) is 24.8. The van der Waals surface area contributed by atoms with Gasteiger partial charge in [0.1, 0.15) is 13.2 Å². The first-order valence-electron chi connectivity index (χ1n) is 11.6. The smallest absolute Gasteiger partial charge is 0.290 e. The maximum Gasteiger partial charge on any atom is 0.290 e. The summed E-state index contributed by atoms with van der Waals surface area (Å²) in [5.41, 5.74) is 1.09. The average Bonchev–Trinajstić information content (AvgIpc) is 3.59. The molecule has 2 amide bonds. The van der Waals surface area contributed by atoms with Gasteiger partial charge in [-0.3, -0.25) is 9.59 Å². The molecule has 1 aliphatic heterocycles. The van der Waals surface area contributed by atoms with Gasteiger partial charge >= 0.3 is 0 Å². The number of thiophene rings is 1. The summed E-state index contributed by atoms with van der Waals surface area (Å²) in [7, 11) is 3.21. The zero-order valence-corrected chi connectivity index (χ0v) is 20.8. The molecule has 1 aromatic carbocycles. The van der Waals surface area contributed by atoms with Crippen molar-refractivity contribution in [1.82, 2.24) is 9.80 Å². The number of nitrogens with zero attached hydrogens (tertiary/aromatic N) is 2. The highest BCUT2D eigenvalue weighted by molar-refractivity contribution is 7.10. The number of fused-ring (bicyclic) bond motifs is 1. The number of para-hydroxylation sites is 2. The number of furan rings is 1. The van der Waals surface area contributed by atoms with Gasteiger partial charge in [-0.25, -0.2) is 0 Å². The van der Waals surface area contributed by atoms with E-state index in [-0.39, 0.29) is 36.8 Å². The van der Waals surface area contributed by atoms with Gasteiger partial charge in [-0.2, -0.15) is 0 Å². The van der Waals surface area contributed by atoms with Crippen molar-refractivity contribution in [3.8, 4) is 11.5 Å². The van der Waals surface area contributed by atoms with Gasteiger partial charge in [-0.15, -0.1) is 11.3 Å². The van der Waals surface area contributed by atoms with Gasteiger partial charge in [-0.05, 0) is 54.1 Å². The van der Waals surface area contributed by atoms with E-state index < -0.39 is 0 Å². The Morgan fingerprint density at radius 3 is 2.71 bits per heavy atom. The fraction of sp³-hybridized carbons (Fsp3) is 0.385. The quantitative estimate of drug-likeness (QED) is 0.371. The number of benzene rings is 1. The lowest BCUT2D eigenvalue weighted by Crippen LogP contribution is -2.48. The summed E-state index contributed by atoms with van der Waals surface area (Å²) in [6.45, 7) is 1.68. The highest BCUT2D eigenvalue weighted by Crippen LogP contribution is 2.35. The van der Waals surface area contributed by atoms with E-state index >= 15 is 0 Å². The summed E-state index contributed by atoms with van der Waals surface area (Å²) in [6.07, 6.45) is 2.85. The van der Waals surface area contributed by atoms with Crippen molar-refractivity contribution < 1.29 is 28.2 Å². The van der Waals surface area contributed by atoms with Crippen LogP contribution in [0.1, 0.15) is 33.5 Å². The van der Waals surface area contributed by atoms with Crippen molar-refractivity contribution in [2.45, 2.75) is 18.9 Å². The third-order valence-electron chi connectivity index (χ3n) is 6.00. The number of amides is 2. The summed E-state index contributed by atoms with van der Waals surface area (Å²) in [5, 5.41) is 2.05. The summed E-state index contributed by atoms with van der Waals surface area (Å²) in [4.78, 5) is 31.2. The van der Waals surface area contributed by atoms with Crippen molar-refractivity contribution in [3.63, 3.8) is 0 Å². The maximum absolute atomic E-state index is 13.6. The van der Waals surface area contributed by atoms with Crippen LogP contribution in [-0.4, -0.2) is 68.7 Å². The Hall–Kier alpha value is -3.30. The topological polar surface area (TPSA) is 81.5 Å². The van der Waals surface area contributed by atoms with Crippen LogP contribution in [0, 0.1) is 0 Å². The van der Waals surface area contributed by atoms with Gasteiger partial charge in [0.15, 0.2) is 17.3 Å². The molecule has 9 heteroatoms. The van der Waals surface area contributed by atoms with Gasteiger partial charge < -0.3 is 28.4 Å². The minimum atomic E-state index is -0.311. The van der Waals surface area contributed by atoms with Crippen LogP contribution in [0.5, 0.6) is 11.5 Å². The molecule has 3 aromatic rings. The Morgan fingerprint density at radius 1 is 1.14 bits per heavy atom. The molecule has 8 nitrogen and oxygen atoms in total. The van der Waals surface area contributed by atoms with Gasteiger partial charge in [0, 0.05) is 31.7 Å². The predicted molar refractivity (Wildman–Crippen MR) is 132 cm³/mol. The van der Waals surface area contributed by atoms with Crippen molar-refractivity contribution >= 4 is 23.2 Å². The Morgan fingerprint density at radius 2 is 1.97 bits per heavy atom. The number of ether oxygens (including phenoxy) is 3. The summed E-state index contributed by atoms with van der Waals surface area (Å²) in [6, 6.07) is 12.5. The minimum Gasteiger partial charge on any atom is -0.493 e. The zero-order valence-electron chi connectivity index (χ0n) is 20.0. The largest absolute Gasteiger partial charge is 0.493 e. The normalized spacial score (nSPS) is 14.9. The second kappa shape index (κ2) is 11.9. The standard InChI is InChI=1S/C26H30N2O6S/c1-31-14-6-12-27(26(30)23-9-5-15-33-23)17-25(29)28-13-10-24-19(11-16-35-24)20(28)18-34-22-8-4-3-7-21(22)32-2/h3-5,7-9,11,15-16,20H,6,10,12-14,17-18H2,1-2H3/t20-/m0/s1. The van der Waals surface area contributed by atoms with E-state index in [2.05, 4.69) is 6.07 Å². The van der Waals surface area contributed by atoms with Gasteiger partial charge in [0.2, 0.25) is 5.91 Å². The van der Waals surface area contributed by atoms with E-state index in [0.29, 0.717) is 37.6 Å². The molecule has 0 saturated carbocycles. The highest BCUT2D eigenvalue weighted by Gasteiger charge is 2.34. The third-order valence-corrected chi connectivity index (χ3v) is 7.00. The van der Waals surface area contributed by atoms with Crippen molar-refractivity contribution in [2.75, 3.05) is 47.1 Å².